The Morgan fingerprint density at radius 1 is 0.667 bits per heavy atom. The van der Waals surface area contributed by atoms with Crippen molar-refractivity contribution in [3.8, 4) is 0 Å². The number of aliphatic hydroxyl groups is 2. The topological polar surface area (TPSA) is 190 Å². The van der Waals surface area contributed by atoms with Crippen LogP contribution in [0.15, 0.2) is 0 Å². The van der Waals surface area contributed by atoms with Crippen LogP contribution in [0.3, 0.4) is 0 Å². The van der Waals surface area contributed by atoms with Crippen molar-refractivity contribution < 1.29 is 49.8 Å². The maximum absolute atomic E-state index is 9.77. The van der Waals surface area contributed by atoms with Gasteiger partial charge in [-0.05, 0) is 0 Å². The molecule has 0 fully saturated rings. The lowest BCUT2D eigenvalue weighted by Crippen LogP contribution is -2.39. The Morgan fingerprint density at radius 3 is 1.00 bits per heavy atom. The second kappa shape index (κ2) is 8.90. The number of carboxylic acid groups (broad SMARTS) is 4. The van der Waals surface area contributed by atoms with Gasteiger partial charge in [0, 0.05) is 0 Å². The Kier molecular flexibility index (Phi) is 8.98. The van der Waals surface area contributed by atoms with Gasteiger partial charge in [-0.2, -0.15) is 0 Å². The first kappa shape index (κ1) is 18.2. The molecule has 0 aromatic heterocycles. The Balaban J connectivity index is 0. The highest BCUT2D eigenvalue weighted by molar-refractivity contribution is 5.83. The fourth-order valence-electron chi connectivity index (χ4n) is 0.484. The van der Waals surface area contributed by atoms with Gasteiger partial charge in [0.1, 0.15) is 0 Å². The first-order chi connectivity index (χ1) is 8.09. The minimum atomic E-state index is -2.27. The van der Waals surface area contributed by atoms with Gasteiger partial charge >= 0.3 is 23.9 Å². The molecule has 0 radical (unpaired) electrons. The molecule has 10 nitrogen and oxygen atoms in total. The minimum Gasteiger partial charge on any atom is -0.481 e. The first-order valence-electron chi connectivity index (χ1n) is 4.35. The highest BCUT2D eigenvalue weighted by Gasteiger charge is 2.29. The second-order valence-electron chi connectivity index (χ2n) is 2.85. The summed E-state index contributed by atoms with van der Waals surface area (Å²) < 4.78 is 0. The molecule has 0 aliphatic heterocycles. The van der Waals surface area contributed by atoms with E-state index in [4.69, 9.17) is 30.6 Å². The van der Waals surface area contributed by atoms with E-state index in [2.05, 4.69) is 0 Å². The molecule has 0 saturated heterocycles. The van der Waals surface area contributed by atoms with Gasteiger partial charge < -0.3 is 30.6 Å². The molecular weight excluding hydrogens is 256 g/mol. The van der Waals surface area contributed by atoms with Crippen LogP contribution in [0.2, 0.25) is 0 Å². The van der Waals surface area contributed by atoms with Crippen LogP contribution < -0.4 is 0 Å². The third kappa shape index (κ3) is 10.3. The van der Waals surface area contributed by atoms with Crippen LogP contribution in [-0.2, 0) is 19.2 Å². The molecule has 10 heteroatoms. The molecule has 0 aromatic rings. The Hall–Kier alpha value is -2.20. The molecule has 6 N–H and O–H groups in total. The lowest BCUT2D eigenvalue weighted by atomic mass is 10.2. The van der Waals surface area contributed by atoms with Gasteiger partial charge in [0.2, 0.25) is 0 Å². The van der Waals surface area contributed by atoms with E-state index >= 15 is 0 Å². The number of aliphatic carboxylic acids is 4. The monoisotopic (exact) mass is 268 g/mol. The lowest BCUT2D eigenvalue weighted by molar-refractivity contribution is -0.165. The van der Waals surface area contributed by atoms with Crippen molar-refractivity contribution in [2.45, 2.75) is 25.0 Å². The summed E-state index contributed by atoms with van der Waals surface area (Å²) in [6.45, 7) is 0. The van der Waals surface area contributed by atoms with Crippen molar-refractivity contribution in [2.75, 3.05) is 0 Å². The molecule has 0 aliphatic rings. The number of carboxylic acids is 4. The number of aliphatic hydroxyl groups excluding tert-OH is 2. The standard InChI is InChI=1S/C4H6O6.C4H6O4/c5-1(3(7)8)2(6)4(9)10;5-3(6)1-2-4(7)8/h1-2,5-6H,(H,7,8)(H,9,10);1-2H2,(H,5,6)(H,7,8). The summed E-state index contributed by atoms with van der Waals surface area (Å²) in [6.07, 6.45) is -5.13. The number of hydrogen-bond donors (Lipinski definition) is 6. The van der Waals surface area contributed by atoms with E-state index in [1.54, 1.807) is 0 Å². The van der Waals surface area contributed by atoms with Crippen LogP contribution in [0.4, 0.5) is 0 Å². The Morgan fingerprint density at radius 2 is 0.889 bits per heavy atom. The molecule has 0 aliphatic carbocycles. The van der Waals surface area contributed by atoms with Crippen molar-refractivity contribution in [2.24, 2.45) is 0 Å². The molecule has 0 amide bonds. The third-order valence-electron chi connectivity index (χ3n) is 1.36. The molecule has 0 spiro atoms. The van der Waals surface area contributed by atoms with Crippen LogP contribution in [0.1, 0.15) is 12.8 Å². The average Bonchev–Trinajstić information content (AvgIpc) is 2.24. The van der Waals surface area contributed by atoms with Crippen LogP contribution in [0.5, 0.6) is 0 Å². The summed E-state index contributed by atoms with van der Waals surface area (Å²) in [4.78, 5) is 38.8. The van der Waals surface area contributed by atoms with E-state index in [1.165, 1.54) is 0 Å². The summed E-state index contributed by atoms with van der Waals surface area (Å²) in [7, 11) is 0. The zero-order valence-electron chi connectivity index (χ0n) is 8.89. The third-order valence-corrected chi connectivity index (χ3v) is 1.36. The van der Waals surface area contributed by atoms with Gasteiger partial charge in [0.05, 0.1) is 12.8 Å². The Labute approximate surface area is 99.7 Å². The maximum atomic E-state index is 9.77. The molecule has 0 bridgehead atoms. The molecule has 2 unspecified atom stereocenters. The van der Waals surface area contributed by atoms with E-state index < -0.39 is 36.1 Å². The highest BCUT2D eigenvalue weighted by Crippen LogP contribution is 1.92. The van der Waals surface area contributed by atoms with Gasteiger partial charge in [-0.3, -0.25) is 9.59 Å². The maximum Gasteiger partial charge on any atom is 0.335 e. The smallest absolute Gasteiger partial charge is 0.335 e. The van der Waals surface area contributed by atoms with Crippen molar-refractivity contribution in [1.82, 2.24) is 0 Å². The largest absolute Gasteiger partial charge is 0.481 e. The summed E-state index contributed by atoms with van der Waals surface area (Å²) >= 11 is 0. The fourth-order valence-corrected chi connectivity index (χ4v) is 0.484. The zero-order chi connectivity index (χ0) is 14.9. The summed E-state index contributed by atoms with van der Waals surface area (Å²) in [6, 6.07) is 0. The van der Waals surface area contributed by atoms with Gasteiger partial charge in [-0.15, -0.1) is 0 Å². The normalized spacial score (nSPS) is 12.6. The van der Waals surface area contributed by atoms with Crippen molar-refractivity contribution in [1.29, 1.82) is 0 Å². The zero-order valence-corrected chi connectivity index (χ0v) is 8.89. The van der Waals surface area contributed by atoms with Crippen LogP contribution >= 0.6 is 0 Å². The van der Waals surface area contributed by atoms with Gasteiger partial charge in [-0.1, -0.05) is 0 Å². The van der Waals surface area contributed by atoms with E-state index in [0.717, 1.165) is 0 Å². The molecule has 0 rings (SSSR count). The fraction of sp³-hybridized carbons (Fsp3) is 0.500. The summed E-state index contributed by atoms with van der Waals surface area (Å²) in [5.41, 5.74) is 0. The Bertz CT molecular complexity index is 290. The summed E-state index contributed by atoms with van der Waals surface area (Å²) in [5.74, 6) is -5.69. The van der Waals surface area contributed by atoms with Crippen molar-refractivity contribution in [3.63, 3.8) is 0 Å². The van der Waals surface area contributed by atoms with Gasteiger partial charge in [-0.25, -0.2) is 9.59 Å². The predicted octanol–water partition coefficient (Wildman–Crippen LogP) is -2.19. The van der Waals surface area contributed by atoms with Crippen LogP contribution in [-0.4, -0.2) is 66.7 Å². The number of hydrogen-bond acceptors (Lipinski definition) is 6. The lowest BCUT2D eigenvalue weighted by Gasteiger charge is -2.07. The van der Waals surface area contributed by atoms with Gasteiger partial charge in [0.15, 0.2) is 12.2 Å². The molecule has 0 saturated carbocycles. The first-order valence-corrected chi connectivity index (χ1v) is 4.35. The van der Waals surface area contributed by atoms with Crippen LogP contribution in [0, 0.1) is 0 Å². The van der Waals surface area contributed by atoms with Crippen molar-refractivity contribution in [3.05, 3.63) is 0 Å². The number of carbonyl (C=O) groups is 4. The van der Waals surface area contributed by atoms with E-state index in [0.29, 0.717) is 0 Å². The van der Waals surface area contributed by atoms with Crippen LogP contribution in [0.25, 0.3) is 0 Å². The molecule has 0 heterocycles. The number of rotatable bonds is 6. The SMILES string of the molecule is O=C(O)C(O)C(O)C(=O)O.O=C(O)CCC(=O)O. The molecule has 18 heavy (non-hydrogen) atoms. The minimum absolute atomic E-state index is 0.296. The van der Waals surface area contributed by atoms with Crippen molar-refractivity contribution >= 4 is 23.9 Å². The quantitative estimate of drug-likeness (QED) is 0.308. The average molecular weight is 268 g/mol. The van der Waals surface area contributed by atoms with E-state index in [-0.39, 0.29) is 12.8 Å². The molecule has 2 atom stereocenters. The summed E-state index contributed by atoms with van der Waals surface area (Å²) in [5, 5.41) is 48.3. The highest BCUT2D eigenvalue weighted by atomic mass is 16.4. The second-order valence-corrected chi connectivity index (χ2v) is 2.85. The molecular formula is C8H12O10. The molecule has 0 aromatic carbocycles. The molecule has 104 valence electrons. The predicted molar refractivity (Wildman–Crippen MR) is 51.8 cm³/mol. The van der Waals surface area contributed by atoms with E-state index in [1.807, 2.05) is 0 Å². The van der Waals surface area contributed by atoms with E-state index in [9.17, 15) is 19.2 Å². The van der Waals surface area contributed by atoms with Gasteiger partial charge in [0.25, 0.3) is 0 Å².